The van der Waals surface area contributed by atoms with Gasteiger partial charge >= 0.3 is 5.97 Å². The number of carbonyl (C=O) groups is 1. The largest absolute Gasteiger partial charge is 0.481 e. The Morgan fingerprint density at radius 3 is 2.50 bits per heavy atom. The number of nitrogens with one attached hydrogen (secondary N) is 1. The fourth-order valence-electron chi connectivity index (χ4n) is 1.52. The molecule has 0 amide bonds. The highest BCUT2D eigenvalue weighted by atomic mass is 35.5. The summed E-state index contributed by atoms with van der Waals surface area (Å²) in [4.78, 5) is 18.3. The lowest BCUT2D eigenvalue weighted by atomic mass is 9.93. The van der Waals surface area contributed by atoms with Crippen molar-refractivity contribution in [3.63, 3.8) is 0 Å². The number of rotatable bonds is 3. The van der Waals surface area contributed by atoms with Crippen LogP contribution in [0.25, 0.3) is 11.3 Å². The number of halogens is 1. The van der Waals surface area contributed by atoms with E-state index in [2.05, 4.69) is 9.97 Å². The van der Waals surface area contributed by atoms with Crippen LogP contribution in [0, 0.1) is 0 Å². The van der Waals surface area contributed by atoms with E-state index in [1.54, 1.807) is 32.2 Å². The van der Waals surface area contributed by atoms with Gasteiger partial charge in [0, 0.05) is 5.02 Å². The van der Waals surface area contributed by atoms with Crippen molar-refractivity contribution in [2.24, 2.45) is 0 Å². The van der Waals surface area contributed by atoms with Crippen molar-refractivity contribution in [2.45, 2.75) is 19.3 Å². The summed E-state index contributed by atoms with van der Waals surface area (Å²) < 4.78 is 0. The molecular weight excluding hydrogens is 252 g/mol. The molecule has 1 aromatic carbocycles. The third-order valence-corrected chi connectivity index (χ3v) is 3.11. The van der Waals surface area contributed by atoms with Crippen molar-refractivity contribution in [2.75, 3.05) is 0 Å². The first-order valence-electron chi connectivity index (χ1n) is 5.46. The molecule has 2 rings (SSSR count). The summed E-state index contributed by atoms with van der Waals surface area (Å²) in [6.07, 6.45) is 1.63. The molecule has 0 aliphatic heterocycles. The summed E-state index contributed by atoms with van der Waals surface area (Å²) in [6.45, 7) is 3.22. The van der Waals surface area contributed by atoms with Gasteiger partial charge in [0.15, 0.2) is 0 Å². The van der Waals surface area contributed by atoms with Crippen LogP contribution in [0.4, 0.5) is 0 Å². The van der Waals surface area contributed by atoms with E-state index >= 15 is 0 Å². The Kier molecular flexibility index (Phi) is 3.13. The van der Waals surface area contributed by atoms with Gasteiger partial charge in [-0.1, -0.05) is 23.7 Å². The summed E-state index contributed by atoms with van der Waals surface area (Å²) in [5, 5.41) is 9.79. The lowest BCUT2D eigenvalue weighted by molar-refractivity contribution is -0.142. The molecule has 2 aromatic rings. The van der Waals surface area contributed by atoms with Gasteiger partial charge in [-0.15, -0.1) is 0 Å². The van der Waals surface area contributed by atoms with Gasteiger partial charge in [-0.2, -0.15) is 0 Å². The number of benzene rings is 1. The normalized spacial score (nSPS) is 11.5. The van der Waals surface area contributed by atoms with Crippen LogP contribution in [0.15, 0.2) is 30.5 Å². The minimum absolute atomic E-state index is 0.431. The highest BCUT2D eigenvalue weighted by molar-refractivity contribution is 6.30. The zero-order valence-corrected chi connectivity index (χ0v) is 10.8. The summed E-state index contributed by atoms with van der Waals surface area (Å²) in [5.41, 5.74) is 0.653. The van der Waals surface area contributed by atoms with Crippen LogP contribution in [-0.2, 0) is 10.2 Å². The Morgan fingerprint density at radius 1 is 1.33 bits per heavy atom. The average molecular weight is 265 g/mol. The molecule has 0 aliphatic carbocycles. The first-order valence-corrected chi connectivity index (χ1v) is 5.84. The molecule has 0 fully saturated rings. The molecule has 18 heavy (non-hydrogen) atoms. The number of imidazole rings is 1. The molecular formula is C13H13ClN2O2. The van der Waals surface area contributed by atoms with E-state index in [4.69, 9.17) is 16.7 Å². The number of carboxylic acids is 1. The Hall–Kier alpha value is -1.81. The molecule has 0 atom stereocenters. The third-order valence-electron chi connectivity index (χ3n) is 2.86. The van der Waals surface area contributed by atoms with Crippen LogP contribution in [0.2, 0.25) is 5.02 Å². The third kappa shape index (κ3) is 2.24. The molecule has 94 valence electrons. The Morgan fingerprint density at radius 2 is 1.94 bits per heavy atom. The number of nitrogens with zero attached hydrogens (tertiary/aromatic N) is 1. The minimum atomic E-state index is -1.04. The maximum absolute atomic E-state index is 11.1. The fraction of sp³-hybridized carbons (Fsp3) is 0.231. The van der Waals surface area contributed by atoms with Crippen LogP contribution in [0.1, 0.15) is 19.7 Å². The van der Waals surface area contributed by atoms with Crippen molar-refractivity contribution in [3.8, 4) is 11.3 Å². The van der Waals surface area contributed by atoms with E-state index in [9.17, 15) is 4.79 Å². The van der Waals surface area contributed by atoms with Crippen molar-refractivity contribution in [1.82, 2.24) is 9.97 Å². The molecule has 0 unspecified atom stereocenters. The summed E-state index contributed by atoms with van der Waals surface area (Å²) >= 11 is 5.81. The quantitative estimate of drug-likeness (QED) is 0.895. The molecule has 0 bridgehead atoms. The highest BCUT2D eigenvalue weighted by Gasteiger charge is 2.32. The van der Waals surface area contributed by atoms with Crippen molar-refractivity contribution < 1.29 is 9.90 Å². The molecule has 0 saturated heterocycles. The second kappa shape index (κ2) is 4.46. The number of aromatic nitrogens is 2. The Balaban J connectivity index is 2.37. The number of hydrogen-bond donors (Lipinski definition) is 2. The van der Waals surface area contributed by atoms with Gasteiger partial charge in [-0.25, -0.2) is 4.98 Å². The average Bonchev–Trinajstić information content (AvgIpc) is 2.79. The van der Waals surface area contributed by atoms with Gasteiger partial charge in [0.05, 0.1) is 11.9 Å². The molecule has 2 N–H and O–H groups in total. The van der Waals surface area contributed by atoms with Crippen LogP contribution >= 0.6 is 11.6 Å². The smallest absolute Gasteiger partial charge is 0.316 e. The standard InChI is InChI=1S/C13H13ClN2O2/c1-13(2,12(17)18)11-15-7-10(16-11)8-3-5-9(14)6-4-8/h3-7H,1-2H3,(H,15,16)(H,17,18). The lowest BCUT2D eigenvalue weighted by Crippen LogP contribution is -2.29. The SMILES string of the molecule is CC(C)(C(=O)O)c1ncc(-c2ccc(Cl)cc2)[nH]1. The van der Waals surface area contributed by atoms with E-state index in [0.717, 1.165) is 11.3 Å². The van der Waals surface area contributed by atoms with E-state index in [1.807, 2.05) is 12.1 Å². The van der Waals surface area contributed by atoms with E-state index < -0.39 is 11.4 Å². The maximum atomic E-state index is 11.1. The Labute approximate surface area is 110 Å². The number of H-pyrrole nitrogens is 1. The van der Waals surface area contributed by atoms with E-state index in [1.165, 1.54) is 0 Å². The number of hydrogen-bond acceptors (Lipinski definition) is 2. The second-order valence-electron chi connectivity index (χ2n) is 4.58. The first kappa shape index (κ1) is 12.6. The number of carboxylic acid groups (broad SMARTS) is 1. The fourth-order valence-corrected chi connectivity index (χ4v) is 1.64. The van der Waals surface area contributed by atoms with Crippen LogP contribution < -0.4 is 0 Å². The molecule has 0 spiro atoms. The minimum Gasteiger partial charge on any atom is -0.481 e. The van der Waals surface area contributed by atoms with Crippen LogP contribution in [-0.4, -0.2) is 21.0 Å². The van der Waals surface area contributed by atoms with Crippen molar-refractivity contribution in [1.29, 1.82) is 0 Å². The molecule has 5 heteroatoms. The topological polar surface area (TPSA) is 66.0 Å². The molecule has 0 aliphatic rings. The first-order chi connectivity index (χ1) is 8.41. The zero-order valence-electron chi connectivity index (χ0n) is 10.1. The van der Waals surface area contributed by atoms with E-state index in [-0.39, 0.29) is 0 Å². The van der Waals surface area contributed by atoms with Crippen LogP contribution in [0.3, 0.4) is 0 Å². The summed E-state index contributed by atoms with van der Waals surface area (Å²) in [5.74, 6) is -0.487. The highest BCUT2D eigenvalue weighted by Crippen LogP contribution is 2.25. The van der Waals surface area contributed by atoms with Gasteiger partial charge in [0.2, 0.25) is 0 Å². The maximum Gasteiger partial charge on any atom is 0.316 e. The van der Waals surface area contributed by atoms with Gasteiger partial charge in [-0.3, -0.25) is 4.79 Å². The second-order valence-corrected chi connectivity index (χ2v) is 5.02. The predicted octanol–water partition coefficient (Wildman–Crippen LogP) is 3.09. The number of aliphatic carboxylic acids is 1. The predicted molar refractivity (Wildman–Crippen MR) is 69.7 cm³/mol. The zero-order chi connectivity index (χ0) is 13.3. The van der Waals surface area contributed by atoms with Gasteiger partial charge in [-0.05, 0) is 31.5 Å². The van der Waals surface area contributed by atoms with Crippen molar-refractivity contribution in [3.05, 3.63) is 41.3 Å². The van der Waals surface area contributed by atoms with Gasteiger partial charge < -0.3 is 10.1 Å². The summed E-state index contributed by atoms with van der Waals surface area (Å²) in [6, 6.07) is 7.26. The molecule has 0 saturated carbocycles. The van der Waals surface area contributed by atoms with Crippen LogP contribution in [0.5, 0.6) is 0 Å². The van der Waals surface area contributed by atoms with Crippen molar-refractivity contribution >= 4 is 17.6 Å². The molecule has 4 nitrogen and oxygen atoms in total. The number of aromatic amines is 1. The Bertz CT molecular complexity index is 573. The van der Waals surface area contributed by atoms with E-state index in [0.29, 0.717) is 10.8 Å². The molecule has 0 radical (unpaired) electrons. The van der Waals surface area contributed by atoms with Gasteiger partial charge in [0.1, 0.15) is 11.2 Å². The lowest BCUT2D eigenvalue weighted by Gasteiger charge is -2.15. The molecule has 1 heterocycles. The van der Waals surface area contributed by atoms with Gasteiger partial charge in [0.25, 0.3) is 0 Å². The monoisotopic (exact) mass is 264 g/mol. The summed E-state index contributed by atoms with van der Waals surface area (Å²) in [7, 11) is 0. The molecule has 1 aromatic heterocycles.